The van der Waals surface area contributed by atoms with E-state index in [9.17, 15) is 9.59 Å². The Bertz CT molecular complexity index is 866. The van der Waals surface area contributed by atoms with Gasteiger partial charge in [-0.3, -0.25) is 0 Å². The molecule has 36 heavy (non-hydrogen) atoms. The molecule has 7 nitrogen and oxygen atoms in total. The van der Waals surface area contributed by atoms with E-state index in [0.29, 0.717) is 18.3 Å². The zero-order valence-corrected chi connectivity index (χ0v) is 21.6. The Labute approximate surface area is 215 Å². The second-order valence-electron chi connectivity index (χ2n) is 10.9. The van der Waals surface area contributed by atoms with Gasteiger partial charge in [0.05, 0.1) is 11.6 Å². The van der Waals surface area contributed by atoms with Gasteiger partial charge in [0, 0.05) is 50.6 Å². The molecule has 5 rings (SSSR count). The highest BCUT2D eigenvalue weighted by atomic mass is 16.5. The summed E-state index contributed by atoms with van der Waals surface area (Å²) in [6.45, 7) is 3.65. The lowest BCUT2D eigenvalue weighted by Crippen LogP contribution is -2.59. The summed E-state index contributed by atoms with van der Waals surface area (Å²) in [7, 11) is 1.93. The average molecular weight is 499 g/mol. The summed E-state index contributed by atoms with van der Waals surface area (Å²) in [5.74, 6) is -0.454. The normalized spacial score (nSPS) is 30.0. The second kappa shape index (κ2) is 12.2. The van der Waals surface area contributed by atoms with Crippen LogP contribution in [-0.4, -0.2) is 71.5 Å². The van der Waals surface area contributed by atoms with Crippen LogP contribution in [0.25, 0.3) is 0 Å². The van der Waals surface area contributed by atoms with Crippen LogP contribution in [0.1, 0.15) is 64.2 Å². The number of fused-ring (bicyclic) bond motifs is 1. The van der Waals surface area contributed by atoms with Gasteiger partial charge < -0.3 is 24.7 Å². The van der Waals surface area contributed by atoms with Crippen molar-refractivity contribution >= 4 is 17.6 Å². The lowest BCUT2D eigenvalue weighted by atomic mass is 9.81. The number of hydrogen-bond donors (Lipinski definition) is 2. The molecule has 3 unspecified atom stereocenters. The fourth-order valence-electron chi connectivity index (χ4n) is 7.43. The number of carboxylic acids is 2. The number of rotatable bonds is 5. The number of carboxylic acid groups (broad SMARTS) is 2. The fraction of sp³-hybridized carbons (Fsp3) is 0.655. The van der Waals surface area contributed by atoms with Crippen LogP contribution in [0.3, 0.4) is 0 Å². The van der Waals surface area contributed by atoms with Crippen molar-refractivity contribution in [3.05, 3.63) is 42.5 Å². The third-order valence-electron chi connectivity index (χ3n) is 9.12. The molecule has 0 amide bonds. The van der Waals surface area contributed by atoms with Crippen LogP contribution in [0.4, 0.5) is 5.69 Å². The highest BCUT2D eigenvalue weighted by molar-refractivity contribution is 5.89. The molecular formula is C29H42N2O5. The van der Waals surface area contributed by atoms with Gasteiger partial charge in [0.15, 0.2) is 0 Å². The Morgan fingerprint density at radius 2 is 1.47 bits per heavy atom. The Hall–Kier alpha value is -2.38. The van der Waals surface area contributed by atoms with Crippen LogP contribution in [0.5, 0.6) is 0 Å². The van der Waals surface area contributed by atoms with Crippen LogP contribution < -0.4 is 4.90 Å². The van der Waals surface area contributed by atoms with Crippen LogP contribution >= 0.6 is 0 Å². The van der Waals surface area contributed by atoms with Gasteiger partial charge in [0.1, 0.15) is 0 Å². The molecule has 4 aliphatic rings. The highest BCUT2D eigenvalue weighted by Gasteiger charge is 2.51. The molecule has 0 bridgehead atoms. The smallest absolute Gasteiger partial charge is 0.328 e. The van der Waals surface area contributed by atoms with Crippen molar-refractivity contribution in [3.63, 3.8) is 0 Å². The van der Waals surface area contributed by atoms with E-state index in [1.807, 2.05) is 7.11 Å². The van der Waals surface area contributed by atoms with E-state index < -0.39 is 11.9 Å². The van der Waals surface area contributed by atoms with Gasteiger partial charge in [0.2, 0.25) is 0 Å². The number of piperidine rings is 1. The van der Waals surface area contributed by atoms with Gasteiger partial charge in [-0.1, -0.05) is 50.3 Å². The zero-order chi connectivity index (χ0) is 25.5. The summed E-state index contributed by atoms with van der Waals surface area (Å²) in [4.78, 5) is 24.7. The molecule has 1 aromatic carbocycles. The molecule has 3 atom stereocenters. The predicted molar refractivity (Wildman–Crippen MR) is 140 cm³/mol. The van der Waals surface area contributed by atoms with Gasteiger partial charge >= 0.3 is 11.9 Å². The molecule has 198 valence electrons. The van der Waals surface area contributed by atoms with E-state index in [1.165, 1.54) is 83.0 Å². The van der Waals surface area contributed by atoms with Gasteiger partial charge in [-0.25, -0.2) is 9.59 Å². The minimum absolute atomic E-state index is 0.204. The lowest BCUT2D eigenvalue weighted by Gasteiger charge is -2.49. The average Bonchev–Trinajstić information content (AvgIpc) is 3.37. The summed E-state index contributed by atoms with van der Waals surface area (Å²) >= 11 is 0. The molecule has 1 aromatic rings. The molecule has 0 aromatic heterocycles. The van der Waals surface area contributed by atoms with Gasteiger partial charge in [-0.2, -0.15) is 0 Å². The molecule has 0 radical (unpaired) electrons. The van der Waals surface area contributed by atoms with E-state index in [2.05, 4.69) is 40.1 Å². The van der Waals surface area contributed by atoms with Crippen molar-refractivity contribution in [3.8, 4) is 0 Å². The van der Waals surface area contributed by atoms with Gasteiger partial charge in [-0.05, 0) is 56.1 Å². The number of hydrogen-bond acceptors (Lipinski definition) is 5. The van der Waals surface area contributed by atoms with Crippen molar-refractivity contribution in [2.24, 2.45) is 11.8 Å². The molecule has 4 fully saturated rings. The first-order valence-corrected chi connectivity index (χ1v) is 13.7. The first kappa shape index (κ1) is 26.7. The van der Waals surface area contributed by atoms with Gasteiger partial charge in [0.25, 0.3) is 0 Å². The van der Waals surface area contributed by atoms with E-state index >= 15 is 0 Å². The molecule has 2 heterocycles. The monoisotopic (exact) mass is 498 g/mol. The van der Waals surface area contributed by atoms with Crippen LogP contribution in [0.2, 0.25) is 0 Å². The number of anilines is 1. The molecule has 2 saturated carbocycles. The summed E-state index contributed by atoms with van der Waals surface area (Å²) in [6.07, 6.45) is 15.6. The number of likely N-dealkylation sites (tertiary alicyclic amines) is 1. The summed E-state index contributed by atoms with van der Waals surface area (Å²) in [5.41, 5.74) is 1.59. The number of methoxy groups -OCH3 is 1. The zero-order valence-electron chi connectivity index (χ0n) is 21.6. The maximum Gasteiger partial charge on any atom is 0.328 e. The van der Waals surface area contributed by atoms with Crippen molar-refractivity contribution in [2.75, 3.05) is 31.6 Å². The molecule has 1 spiro atoms. The Morgan fingerprint density at radius 1 is 0.889 bits per heavy atom. The summed E-state index contributed by atoms with van der Waals surface area (Å²) in [5, 5.41) is 15.6. The number of benzene rings is 1. The maximum absolute atomic E-state index is 9.55. The third kappa shape index (κ3) is 6.12. The number of ether oxygens (including phenoxy) is 1. The van der Waals surface area contributed by atoms with E-state index in [0.717, 1.165) is 24.4 Å². The van der Waals surface area contributed by atoms with Crippen molar-refractivity contribution in [2.45, 2.75) is 81.9 Å². The molecule has 2 aliphatic heterocycles. The molecule has 2 N–H and O–H groups in total. The van der Waals surface area contributed by atoms with Crippen molar-refractivity contribution in [1.29, 1.82) is 0 Å². The number of carbonyl (C=O) groups is 2. The first-order chi connectivity index (χ1) is 17.4. The quantitative estimate of drug-likeness (QED) is 0.563. The van der Waals surface area contributed by atoms with E-state index in [1.54, 1.807) is 0 Å². The standard InChI is InChI=1S/C25H38N2O.C4H4O4/c1-28-24-12-15-27(22-10-6-3-7-11-22)25(24)13-16-26(17-14-25)23-18-20-8-4-2-5-9-21(20)19-23;5-3(6)1-2-4(7)8/h3,6-7,10-11,20-21,23-24H,2,4-5,8-9,12-19H2,1H3;1-2H,(H,5,6)(H,7,8). The van der Waals surface area contributed by atoms with Crippen molar-refractivity contribution in [1.82, 2.24) is 4.90 Å². The molecular weight excluding hydrogens is 456 g/mol. The van der Waals surface area contributed by atoms with E-state index in [-0.39, 0.29) is 5.54 Å². The number of para-hydroxylation sites is 1. The van der Waals surface area contributed by atoms with Crippen LogP contribution in [-0.2, 0) is 14.3 Å². The molecule has 2 saturated heterocycles. The highest BCUT2D eigenvalue weighted by Crippen LogP contribution is 2.47. The maximum atomic E-state index is 9.55. The first-order valence-electron chi connectivity index (χ1n) is 13.7. The Balaban J connectivity index is 0.000000331. The third-order valence-corrected chi connectivity index (χ3v) is 9.12. The largest absolute Gasteiger partial charge is 0.478 e. The minimum atomic E-state index is -1.26. The lowest BCUT2D eigenvalue weighted by molar-refractivity contribution is -0.134. The van der Waals surface area contributed by atoms with Crippen LogP contribution in [0, 0.1) is 11.8 Å². The number of aliphatic carboxylic acids is 2. The predicted octanol–water partition coefficient (Wildman–Crippen LogP) is 4.82. The second-order valence-corrected chi connectivity index (χ2v) is 10.9. The Morgan fingerprint density at radius 3 is 2.00 bits per heavy atom. The van der Waals surface area contributed by atoms with Crippen molar-refractivity contribution < 1.29 is 24.5 Å². The van der Waals surface area contributed by atoms with Crippen LogP contribution in [0.15, 0.2) is 42.5 Å². The Kier molecular flexibility index (Phi) is 9.07. The number of nitrogens with zero attached hydrogens (tertiary/aromatic N) is 2. The minimum Gasteiger partial charge on any atom is -0.478 e. The SMILES string of the molecule is COC1CCN(c2ccccc2)C12CCN(C1CC3CCCCCC3C1)CC2.O=C(O)C=CC(=O)O. The summed E-state index contributed by atoms with van der Waals surface area (Å²) < 4.78 is 6.05. The summed E-state index contributed by atoms with van der Waals surface area (Å²) in [6, 6.07) is 11.9. The topological polar surface area (TPSA) is 90.3 Å². The fourth-order valence-corrected chi connectivity index (χ4v) is 7.43. The molecule has 2 aliphatic carbocycles. The van der Waals surface area contributed by atoms with E-state index in [4.69, 9.17) is 14.9 Å². The molecule has 7 heteroatoms. The van der Waals surface area contributed by atoms with Gasteiger partial charge in [-0.15, -0.1) is 0 Å².